The van der Waals surface area contributed by atoms with Crippen LogP contribution in [0.5, 0.6) is 0 Å². The van der Waals surface area contributed by atoms with E-state index >= 15 is 0 Å². The van der Waals surface area contributed by atoms with Crippen LogP contribution in [0.3, 0.4) is 0 Å². The molecule has 0 radical (unpaired) electrons. The number of nitrogens with zero attached hydrogens (tertiary/aromatic N) is 7. The van der Waals surface area contributed by atoms with Gasteiger partial charge in [-0.15, -0.1) is 11.3 Å². The van der Waals surface area contributed by atoms with Crippen LogP contribution in [0.2, 0.25) is 0 Å². The molecule has 4 heterocycles. The zero-order valence-corrected chi connectivity index (χ0v) is 39.7. The number of aromatic nitrogens is 5. The van der Waals surface area contributed by atoms with Crippen molar-refractivity contribution in [2.45, 2.75) is 109 Å². The van der Waals surface area contributed by atoms with E-state index in [9.17, 15) is 24.0 Å². The number of pyridine rings is 1. The Bertz CT molecular complexity index is 2550. The summed E-state index contributed by atoms with van der Waals surface area (Å²) in [7, 11) is 1.89. The van der Waals surface area contributed by atoms with E-state index in [4.69, 9.17) is 19.0 Å². The molecule has 4 amide bonds. The lowest BCUT2D eigenvalue weighted by molar-refractivity contribution is -0.672. The normalized spacial score (nSPS) is 16.4. The van der Waals surface area contributed by atoms with Gasteiger partial charge in [0.1, 0.15) is 35.7 Å². The molecule has 2 fully saturated rings. The van der Waals surface area contributed by atoms with E-state index < -0.39 is 65.0 Å². The van der Waals surface area contributed by atoms with Crippen molar-refractivity contribution in [3.63, 3.8) is 0 Å². The number of oxime groups is 1. The molecule has 0 spiro atoms. The number of ether oxygens (including phenoxy) is 3. The number of hydrogen-bond donors (Lipinski definition) is 3. The van der Waals surface area contributed by atoms with E-state index in [1.165, 1.54) is 21.3 Å². The van der Waals surface area contributed by atoms with Crippen molar-refractivity contribution < 1.29 is 60.0 Å². The number of benzene rings is 2. The van der Waals surface area contributed by atoms with Crippen LogP contribution >= 0.6 is 11.3 Å². The number of halogens is 1. The molecule has 0 bridgehead atoms. The van der Waals surface area contributed by atoms with Gasteiger partial charge in [0, 0.05) is 29.9 Å². The largest absolute Gasteiger partial charge is 1.00 e. The van der Waals surface area contributed by atoms with Crippen LogP contribution in [-0.2, 0) is 60.1 Å². The van der Waals surface area contributed by atoms with Crippen LogP contribution in [0.15, 0.2) is 102 Å². The highest BCUT2D eigenvalue weighted by molar-refractivity contribution is 7.14. The van der Waals surface area contributed by atoms with Gasteiger partial charge in [0.15, 0.2) is 29.3 Å². The van der Waals surface area contributed by atoms with E-state index in [0.717, 1.165) is 28.0 Å². The summed E-state index contributed by atoms with van der Waals surface area (Å²) in [6.07, 6.45) is 3.80. The van der Waals surface area contributed by atoms with Crippen molar-refractivity contribution >= 4 is 52.2 Å². The first-order valence-electron chi connectivity index (χ1n) is 21.3. The number of thiazole rings is 1. The minimum absolute atomic E-state index is 0. The van der Waals surface area contributed by atoms with Crippen molar-refractivity contribution in [3.8, 4) is 0 Å². The molecule has 0 unspecified atom stereocenters. The number of carbonyl (C=O) groups is 5. The lowest BCUT2D eigenvalue weighted by Gasteiger charge is -2.36. The molecular formula is C46H53ClN10O9S. The number of β-lactam (4-membered cyclic amide) rings is 1. The highest BCUT2D eigenvalue weighted by atomic mass is 35.5. The third-order valence-corrected chi connectivity index (χ3v) is 10.8. The average Bonchev–Trinajstić information content (AvgIpc) is 3.69. The summed E-state index contributed by atoms with van der Waals surface area (Å²) in [6.45, 7) is 10.9. The maximum atomic E-state index is 14.2. The first kappa shape index (κ1) is 49.5. The maximum absolute atomic E-state index is 14.2. The average molecular weight is 958 g/mol. The van der Waals surface area contributed by atoms with Gasteiger partial charge < -0.3 is 42.1 Å². The van der Waals surface area contributed by atoms with E-state index in [-0.39, 0.29) is 61.4 Å². The summed E-state index contributed by atoms with van der Waals surface area (Å²) >= 11 is 0.998. The van der Waals surface area contributed by atoms with E-state index in [2.05, 4.69) is 36.3 Å². The Morgan fingerprint density at radius 2 is 1.61 bits per heavy atom. The highest BCUT2D eigenvalue weighted by Gasteiger charge is 2.56. The SMILES string of the molecule is C[n+]1cccc(CN(Cc2cnn(C[C@H]3NC(=O)[C@H]3NC(=O)/C(=N\OC3(C(=O)OC(c4ccccc4)c4ccccc4)CC3)c3csc(NC(=O)OC(C)(C)C)n3)n2)C(=O)OC(C)(C)C)c1.[Cl-]. The molecule has 5 aromatic rings. The van der Waals surface area contributed by atoms with Crippen LogP contribution in [0.25, 0.3) is 0 Å². The summed E-state index contributed by atoms with van der Waals surface area (Å²) in [6, 6.07) is 20.6. The van der Waals surface area contributed by atoms with Crippen molar-refractivity contribution in [1.29, 1.82) is 0 Å². The van der Waals surface area contributed by atoms with Crippen LogP contribution in [-0.4, -0.2) is 89.4 Å². The fourth-order valence-electron chi connectivity index (χ4n) is 6.72. The Hall–Kier alpha value is -6.93. The number of hydrogen-bond acceptors (Lipinski definition) is 14. The minimum Gasteiger partial charge on any atom is -1.00 e. The molecule has 1 aliphatic carbocycles. The predicted octanol–water partition coefficient (Wildman–Crippen LogP) is 2.12. The number of anilines is 1. The molecule has 1 aliphatic heterocycles. The third kappa shape index (κ3) is 13.3. The predicted molar refractivity (Wildman–Crippen MR) is 239 cm³/mol. The smallest absolute Gasteiger partial charge is 0.413 e. The highest BCUT2D eigenvalue weighted by Crippen LogP contribution is 2.43. The van der Waals surface area contributed by atoms with Gasteiger partial charge in [-0.25, -0.2) is 23.9 Å². The third-order valence-electron chi connectivity index (χ3n) is 10.0. The molecule has 21 heteroatoms. The summed E-state index contributed by atoms with van der Waals surface area (Å²) in [5.41, 5.74) is -0.550. The van der Waals surface area contributed by atoms with Gasteiger partial charge >= 0.3 is 18.2 Å². The topological polar surface area (TPSA) is 221 Å². The summed E-state index contributed by atoms with van der Waals surface area (Å²) in [5, 5.41) is 22.8. The van der Waals surface area contributed by atoms with Gasteiger partial charge in [-0.3, -0.25) is 19.8 Å². The van der Waals surface area contributed by atoms with E-state index in [1.807, 2.05) is 96.8 Å². The second-order valence-electron chi connectivity index (χ2n) is 18.0. The van der Waals surface area contributed by atoms with Gasteiger partial charge in [0.25, 0.3) is 5.91 Å². The molecule has 2 atom stereocenters. The Labute approximate surface area is 397 Å². The lowest BCUT2D eigenvalue weighted by atomic mass is 9.98. The van der Waals surface area contributed by atoms with Gasteiger partial charge in [-0.1, -0.05) is 65.8 Å². The van der Waals surface area contributed by atoms with Crippen molar-refractivity contribution in [2.24, 2.45) is 12.2 Å². The fourth-order valence-corrected chi connectivity index (χ4v) is 7.40. The molecule has 2 aromatic carbocycles. The molecule has 3 N–H and O–H groups in total. The maximum Gasteiger partial charge on any atom is 0.413 e. The van der Waals surface area contributed by atoms with Crippen LogP contribution in [0.1, 0.15) is 88.6 Å². The second-order valence-corrected chi connectivity index (χ2v) is 18.8. The fraction of sp³-hybridized carbons (Fsp3) is 0.391. The minimum atomic E-state index is -1.50. The van der Waals surface area contributed by atoms with E-state index in [0.29, 0.717) is 5.69 Å². The number of esters is 1. The number of aryl methyl sites for hydroxylation is 1. The van der Waals surface area contributed by atoms with Gasteiger partial charge in [0.2, 0.25) is 11.5 Å². The van der Waals surface area contributed by atoms with Gasteiger partial charge in [-0.05, 0) is 58.7 Å². The molecule has 19 nitrogen and oxygen atoms in total. The Morgan fingerprint density at radius 3 is 2.21 bits per heavy atom. The van der Waals surface area contributed by atoms with Gasteiger partial charge in [0.05, 0.1) is 31.9 Å². The quantitative estimate of drug-likeness (QED) is 0.0324. The molecule has 1 saturated heterocycles. The zero-order valence-electron chi connectivity index (χ0n) is 38.1. The monoisotopic (exact) mass is 956 g/mol. The summed E-state index contributed by atoms with van der Waals surface area (Å²) in [4.78, 5) is 80.2. The Balaban J connectivity index is 0.00000741. The van der Waals surface area contributed by atoms with Crippen LogP contribution in [0.4, 0.5) is 14.7 Å². The molecule has 1 saturated carbocycles. The van der Waals surface area contributed by atoms with Crippen LogP contribution in [0, 0.1) is 0 Å². The molecular weight excluding hydrogens is 904 g/mol. The molecule has 3 aromatic heterocycles. The lowest BCUT2D eigenvalue weighted by Crippen LogP contribution is -3.00. The van der Waals surface area contributed by atoms with Crippen molar-refractivity contribution in [2.75, 3.05) is 5.32 Å². The number of carbonyl (C=O) groups excluding carboxylic acids is 5. The first-order chi connectivity index (χ1) is 31.3. The number of rotatable bonds is 16. The molecule has 2 aliphatic rings. The first-order valence-corrected chi connectivity index (χ1v) is 22.2. The Kier molecular flexibility index (Phi) is 15.3. The standard InChI is InChI=1S/C46H52N10O9S.ClH/c1-44(2,3)63-42(60)51-41-49-34(28-66-41)36(53-65-46(20-21-46)40(59)62-37(30-16-10-8-11-17-30)31-18-12-9-13-19-31)39(58)50-35-33(48-38(35)57)27-56-47-23-32(52-56)26-55(43(61)64-45(4,5)6)25-29-15-14-22-54(7)24-29;/h8-19,22-24,28,33,35,37H,20-21,25-27H2,1-7H3,(H2-,48,49,50,51,57,58,60);1H/b53-36-;/t33-,35+;/m1./s1. The molecule has 67 heavy (non-hydrogen) atoms. The Morgan fingerprint density at radius 1 is 0.955 bits per heavy atom. The molecule has 7 rings (SSSR count). The second kappa shape index (κ2) is 20.7. The van der Waals surface area contributed by atoms with Crippen molar-refractivity contribution in [1.82, 2.24) is 35.5 Å². The molecule has 354 valence electrons. The van der Waals surface area contributed by atoms with Gasteiger partial charge in [-0.2, -0.15) is 15.0 Å². The van der Waals surface area contributed by atoms with Crippen molar-refractivity contribution in [3.05, 3.63) is 125 Å². The van der Waals surface area contributed by atoms with Crippen LogP contribution < -0.4 is 32.9 Å². The van der Waals surface area contributed by atoms with E-state index in [1.54, 1.807) is 41.5 Å². The zero-order chi connectivity index (χ0) is 47.2. The summed E-state index contributed by atoms with van der Waals surface area (Å²) < 4.78 is 19.0. The number of amides is 4. The summed E-state index contributed by atoms with van der Waals surface area (Å²) in [5.74, 6) is -2.00. The number of nitrogens with one attached hydrogen (secondary N) is 3.